The first-order valence-electron chi connectivity index (χ1n) is 8.54. The van der Waals surface area contributed by atoms with Gasteiger partial charge < -0.3 is 29.4 Å². The van der Waals surface area contributed by atoms with E-state index in [-0.39, 0.29) is 19.1 Å². The van der Waals surface area contributed by atoms with E-state index in [9.17, 15) is 9.90 Å². The molecule has 1 saturated heterocycles. The molecule has 1 aromatic carbocycles. The molecule has 26 heavy (non-hydrogen) atoms. The van der Waals surface area contributed by atoms with Gasteiger partial charge in [-0.3, -0.25) is 4.79 Å². The lowest BCUT2D eigenvalue weighted by atomic mass is 9.96. The number of benzene rings is 1. The van der Waals surface area contributed by atoms with Gasteiger partial charge >= 0.3 is 0 Å². The Hall–Kier alpha value is -1.77. The fourth-order valence-electron chi connectivity index (χ4n) is 2.89. The summed E-state index contributed by atoms with van der Waals surface area (Å²) in [6, 6.07) is 9.08. The minimum Gasteiger partial charge on any atom is -0.388 e. The Balaban J connectivity index is 2.02. The van der Waals surface area contributed by atoms with Crippen LogP contribution in [-0.4, -0.2) is 62.0 Å². The average molecular weight is 365 g/mol. The summed E-state index contributed by atoms with van der Waals surface area (Å²) in [5.41, 5.74) is 1.02. The summed E-state index contributed by atoms with van der Waals surface area (Å²) in [5, 5.41) is 13.4. The summed E-state index contributed by atoms with van der Waals surface area (Å²) in [6.45, 7) is 5.80. The van der Waals surface area contributed by atoms with Gasteiger partial charge in [-0.1, -0.05) is 36.4 Å². The molecule has 1 fully saturated rings. The molecule has 0 aromatic heterocycles. The molecular formula is C19H27NO6. The molecule has 1 heterocycles. The number of methoxy groups -OCH3 is 1. The van der Waals surface area contributed by atoms with Crippen molar-refractivity contribution in [3.8, 4) is 0 Å². The van der Waals surface area contributed by atoms with Crippen molar-refractivity contribution in [3.63, 3.8) is 0 Å². The van der Waals surface area contributed by atoms with Crippen LogP contribution in [0.15, 0.2) is 43.0 Å². The molecule has 7 nitrogen and oxygen atoms in total. The first-order valence-corrected chi connectivity index (χ1v) is 8.54. The third-order valence-electron chi connectivity index (χ3n) is 4.08. The quantitative estimate of drug-likeness (QED) is 0.635. The fraction of sp³-hybridized carbons (Fsp3) is 0.526. The van der Waals surface area contributed by atoms with Crippen LogP contribution in [0.2, 0.25) is 0 Å². The van der Waals surface area contributed by atoms with Gasteiger partial charge in [0, 0.05) is 14.0 Å². The molecule has 1 amide bonds. The first kappa shape index (κ1) is 20.5. The molecule has 7 heteroatoms. The highest BCUT2D eigenvalue weighted by atomic mass is 16.7. The SMILES string of the molecule is C=CCOC1C(O)C(COCc2ccccc2)OC(OC)C1NC(C)=O. The lowest BCUT2D eigenvalue weighted by Gasteiger charge is -2.44. The van der Waals surface area contributed by atoms with Gasteiger partial charge in [-0.2, -0.15) is 0 Å². The lowest BCUT2D eigenvalue weighted by molar-refractivity contribution is -0.271. The summed E-state index contributed by atoms with van der Waals surface area (Å²) in [7, 11) is 1.48. The van der Waals surface area contributed by atoms with E-state index in [0.29, 0.717) is 6.61 Å². The zero-order chi connectivity index (χ0) is 18.9. The van der Waals surface area contributed by atoms with Crippen LogP contribution in [0.5, 0.6) is 0 Å². The Morgan fingerprint density at radius 1 is 1.38 bits per heavy atom. The second-order valence-electron chi connectivity index (χ2n) is 6.08. The van der Waals surface area contributed by atoms with E-state index in [4.69, 9.17) is 18.9 Å². The summed E-state index contributed by atoms with van der Waals surface area (Å²) in [5.74, 6) is -0.265. The number of aliphatic hydroxyl groups excluding tert-OH is 1. The molecule has 2 rings (SSSR count). The predicted molar refractivity (Wildman–Crippen MR) is 95.3 cm³/mol. The van der Waals surface area contributed by atoms with Crippen LogP contribution in [0.25, 0.3) is 0 Å². The van der Waals surface area contributed by atoms with Crippen molar-refractivity contribution in [3.05, 3.63) is 48.6 Å². The largest absolute Gasteiger partial charge is 0.388 e. The van der Waals surface area contributed by atoms with Crippen LogP contribution in [0.4, 0.5) is 0 Å². The van der Waals surface area contributed by atoms with E-state index >= 15 is 0 Å². The van der Waals surface area contributed by atoms with Crippen molar-refractivity contribution in [2.45, 2.75) is 44.2 Å². The Labute approximate surface area is 153 Å². The Morgan fingerprint density at radius 2 is 2.12 bits per heavy atom. The smallest absolute Gasteiger partial charge is 0.217 e. The number of ether oxygens (including phenoxy) is 4. The van der Waals surface area contributed by atoms with Crippen molar-refractivity contribution in [1.82, 2.24) is 5.32 Å². The van der Waals surface area contributed by atoms with Crippen molar-refractivity contribution < 1.29 is 28.8 Å². The zero-order valence-electron chi connectivity index (χ0n) is 15.2. The molecule has 0 aliphatic carbocycles. The third kappa shape index (κ3) is 5.62. The minimum atomic E-state index is -0.992. The normalized spacial score (nSPS) is 28.5. The van der Waals surface area contributed by atoms with Crippen LogP contribution in [0, 0.1) is 0 Å². The number of hydrogen-bond acceptors (Lipinski definition) is 6. The van der Waals surface area contributed by atoms with E-state index in [1.807, 2.05) is 30.3 Å². The Kier molecular flexibility index (Phi) is 8.21. The van der Waals surface area contributed by atoms with Crippen LogP contribution in [0.1, 0.15) is 12.5 Å². The van der Waals surface area contributed by atoms with Gasteiger partial charge in [0.2, 0.25) is 5.91 Å². The molecule has 1 aliphatic heterocycles. The van der Waals surface area contributed by atoms with Crippen molar-refractivity contribution in [2.24, 2.45) is 0 Å². The molecular weight excluding hydrogens is 338 g/mol. The molecule has 0 saturated carbocycles. The zero-order valence-corrected chi connectivity index (χ0v) is 15.2. The number of nitrogens with one attached hydrogen (secondary N) is 1. The van der Waals surface area contributed by atoms with Crippen LogP contribution >= 0.6 is 0 Å². The van der Waals surface area contributed by atoms with E-state index in [2.05, 4.69) is 11.9 Å². The van der Waals surface area contributed by atoms with Crippen molar-refractivity contribution >= 4 is 5.91 Å². The van der Waals surface area contributed by atoms with Crippen LogP contribution in [-0.2, 0) is 30.3 Å². The van der Waals surface area contributed by atoms with Gasteiger partial charge in [0.25, 0.3) is 0 Å². The molecule has 144 valence electrons. The minimum absolute atomic E-state index is 0.163. The number of aliphatic hydroxyl groups is 1. The molecule has 0 spiro atoms. The second kappa shape index (κ2) is 10.4. The highest BCUT2D eigenvalue weighted by molar-refractivity contribution is 5.73. The number of carbonyl (C=O) groups is 1. The maximum Gasteiger partial charge on any atom is 0.217 e. The van der Waals surface area contributed by atoms with E-state index < -0.39 is 30.6 Å². The van der Waals surface area contributed by atoms with Gasteiger partial charge in [-0.15, -0.1) is 6.58 Å². The maximum absolute atomic E-state index is 11.5. The number of carbonyl (C=O) groups excluding carboxylic acids is 1. The Morgan fingerprint density at radius 3 is 2.73 bits per heavy atom. The summed E-state index contributed by atoms with van der Waals surface area (Å²) in [6.07, 6.45) is -1.53. The highest BCUT2D eigenvalue weighted by Crippen LogP contribution is 2.25. The number of rotatable bonds is 9. The topological polar surface area (TPSA) is 86.2 Å². The molecule has 5 atom stereocenters. The van der Waals surface area contributed by atoms with Crippen molar-refractivity contribution in [1.29, 1.82) is 0 Å². The van der Waals surface area contributed by atoms with Crippen LogP contribution < -0.4 is 5.32 Å². The first-order chi connectivity index (χ1) is 12.6. The number of amides is 1. The highest BCUT2D eigenvalue weighted by Gasteiger charge is 2.46. The molecule has 1 aromatic rings. The van der Waals surface area contributed by atoms with Gasteiger partial charge in [-0.25, -0.2) is 0 Å². The fourth-order valence-corrected chi connectivity index (χ4v) is 2.89. The van der Waals surface area contributed by atoms with Crippen LogP contribution in [0.3, 0.4) is 0 Å². The van der Waals surface area contributed by atoms with E-state index in [1.54, 1.807) is 6.08 Å². The maximum atomic E-state index is 11.5. The van der Waals surface area contributed by atoms with E-state index in [0.717, 1.165) is 5.56 Å². The standard InChI is InChI=1S/C19H27NO6/c1-4-10-25-18-16(20-13(2)21)19(23-3)26-15(17(18)22)12-24-11-14-8-6-5-7-9-14/h4-9,15-19,22H,1,10-12H2,2-3H3,(H,20,21). The van der Waals surface area contributed by atoms with Crippen molar-refractivity contribution in [2.75, 3.05) is 20.3 Å². The average Bonchev–Trinajstić information content (AvgIpc) is 2.63. The molecule has 1 aliphatic rings. The van der Waals surface area contributed by atoms with Gasteiger partial charge in [0.1, 0.15) is 24.4 Å². The van der Waals surface area contributed by atoms with Gasteiger partial charge in [0.15, 0.2) is 6.29 Å². The third-order valence-corrected chi connectivity index (χ3v) is 4.08. The van der Waals surface area contributed by atoms with Gasteiger partial charge in [-0.05, 0) is 5.56 Å². The molecule has 2 N–H and O–H groups in total. The molecule has 0 radical (unpaired) electrons. The number of hydrogen-bond donors (Lipinski definition) is 2. The summed E-state index contributed by atoms with van der Waals surface area (Å²) in [4.78, 5) is 11.5. The molecule has 5 unspecified atom stereocenters. The predicted octanol–water partition coefficient (Wildman–Crippen LogP) is 1.01. The lowest BCUT2D eigenvalue weighted by Crippen LogP contribution is -2.65. The summed E-state index contributed by atoms with van der Waals surface area (Å²) >= 11 is 0. The monoisotopic (exact) mass is 365 g/mol. The Bertz CT molecular complexity index is 566. The van der Waals surface area contributed by atoms with E-state index in [1.165, 1.54) is 14.0 Å². The second-order valence-corrected chi connectivity index (χ2v) is 6.08. The summed E-state index contributed by atoms with van der Waals surface area (Å²) < 4.78 is 22.5. The van der Waals surface area contributed by atoms with Gasteiger partial charge in [0.05, 0.1) is 19.8 Å². The molecule has 0 bridgehead atoms.